The van der Waals surface area contributed by atoms with Gasteiger partial charge >= 0.3 is 0 Å². The summed E-state index contributed by atoms with van der Waals surface area (Å²) in [5, 5.41) is 3.09. The largest absolute Gasteiger partial charge is 0.456 e. The van der Waals surface area contributed by atoms with Crippen molar-refractivity contribution in [3.63, 3.8) is 0 Å². The van der Waals surface area contributed by atoms with Crippen molar-refractivity contribution in [3.05, 3.63) is 169 Å². The first kappa shape index (κ1) is 36.1. The maximum absolute atomic E-state index is 6.58. The quantitative estimate of drug-likeness (QED) is 0.145. The van der Waals surface area contributed by atoms with Crippen LogP contribution in [0.5, 0.6) is 46.0 Å². The molecule has 0 bridgehead atoms. The van der Waals surface area contributed by atoms with Crippen molar-refractivity contribution >= 4 is 76.9 Å². The van der Waals surface area contributed by atoms with E-state index in [4.69, 9.17) is 42.1 Å². The lowest BCUT2D eigenvalue weighted by atomic mass is 10.0. The predicted octanol–water partition coefficient (Wildman–Crippen LogP) is 15.7. The van der Waals surface area contributed by atoms with Crippen molar-refractivity contribution < 1.29 is 18.9 Å². The van der Waals surface area contributed by atoms with Crippen molar-refractivity contribution in [2.24, 2.45) is 0 Å². The van der Waals surface area contributed by atoms with Crippen LogP contribution in [0.2, 0.25) is 10.0 Å². The Labute approximate surface area is 339 Å². The van der Waals surface area contributed by atoms with Crippen LogP contribution in [0.15, 0.2) is 142 Å². The molecule has 0 radical (unpaired) electrons. The summed E-state index contributed by atoms with van der Waals surface area (Å²) in [6.07, 6.45) is 0. The molecule has 8 aromatic rings. The Bertz CT molecular complexity index is 2520. The fourth-order valence-corrected chi connectivity index (χ4v) is 7.91. The molecule has 0 saturated carbocycles. The number of rotatable bonds is 9. The first-order chi connectivity index (χ1) is 26.1. The van der Waals surface area contributed by atoms with Gasteiger partial charge in [-0.2, -0.15) is 0 Å². The number of fused-ring (bicyclic) bond motifs is 3. The van der Waals surface area contributed by atoms with Crippen molar-refractivity contribution in [2.45, 2.75) is 20.8 Å². The maximum atomic E-state index is 6.58. The Morgan fingerprint density at radius 3 is 1.20 bits per heavy atom. The summed E-state index contributed by atoms with van der Waals surface area (Å²) >= 11 is 20.6. The van der Waals surface area contributed by atoms with E-state index in [2.05, 4.69) is 93.6 Å². The molecule has 0 aliphatic rings. The Morgan fingerprint density at radius 2 is 0.815 bits per heavy atom. The molecule has 0 aliphatic heterocycles. The third kappa shape index (κ3) is 7.29. The first-order valence-corrected chi connectivity index (χ1v) is 19.4. The minimum absolute atomic E-state index is 0.484. The highest BCUT2D eigenvalue weighted by Crippen LogP contribution is 2.45. The van der Waals surface area contributed by atoms with Gasteiger partial charge in [0.25, 0.3) is 0 Å². The van der Waals surface area contributed by atoms with Gasteiger partial charge in [-0.15, -0.1) is 0 Å². The lowest BCUT2D eigenvalue weighted by Crippen LogP contribution is -2.01. The normalized spacial score (nSPS) is 11.2. The van der Waals surface area contributed by atoms with Crippen molar-refractivity contribution in [3.8, 4) is 51.7 Å². The van der Waals surface area contributed by atoms with Crippen LogP contribution in [-0.4, -0.2) is 4.57 Å². The molecule has 0 aliphatic carbocycles. The zero-order valence-corrected chi connectivity index (χ0v) is 34.0. The minimum atomic E-state index is 0.484. The van der Waals surface area contributed by atoms with Gasteiger partial charge < -0.3 is 23.5 Å². The van der Waals surface area contributed by atoms with E-state index in [-0.39, 0.29) is 0 Å². The smallest absolute Gasteiger partial charge is 0.146 e. The van der Waals surface area contributed by atoms with E-state index >= 15 is 0 Å². The van der Waals surface area contributed by atoms with Gasteiger partial charge in [0.2, 0.25) is 0 Å². The first-order valence-electron chi connectivity index (χ1n) is 17.1. The second kappa shape index (κ2) is 15.1. The Balaban J connectivity index is 1.23. The molecule has 8 rings (SSSR count). The fraction of sp³-hybridized carbons (Fsp3) is 0.0667. The van der Waals surface area contributed by atoms with E-state index in [1.807, 2.05) is 72.8 Å². The Morgan fingerprint density at radius 1 is 0.444 bits per heavy atom. The standard InChI is InChI=1S/C45H31Br2Cl2NO4/c1-26-18-27(2)45(28(3)19-26)50-37-24-33(53-41-22-29(48)20-39(43(41)46)51-31-10-6-4-7-11-31)14-16-35(37)36-17-15-34(25-38(36)50)54-42-23-30(49)21-40(44(42)47)52-32-12-8-5-9-13-32/h4-25H,1-3H3. The number of nitrogens with zero attached hydrogens (tertiary/aromatic N) is 1. The summed E-state index contributed by atoms with van der Waals surface area (Å²) in [6.45, 7) is 6.40. The van der Waals surface area contributed by atoms with Crippen LogP contribution in [0, 0.1) is 20.8 Å². The number of hydrogen-bond donors (Lipinski definition) is 0. The second-order valence-corrected chi connectivity index (χ2v) is 15.4. The molecule has 1 aromatic heterocycles. The molecule has 9 heteroatoms. The average molecular weight is 880 g/mol. The van der Waals surface area contributed by atoms with Gasteiger partial charge in [-0.05, 0) is 112 Å². The molecule has 0 fully saturated rings. The van der Waals surface area contributed by atoms with Gasteiger partial charge in [-0.3, -0.25) is 0 Å². The number of hydrogen-bond acceptors (Lipinski definition) is 4. The Kier molecular flexibility index (Phi) is 10.1. The lowest BCUT2D eigenvalue weighted by molar-refractivity contribution is 0.454. The topological polar surface area (TPSA) is 41.9 Å². The van der Waals surface area contributed by atoms with Crippen molar-refractivity contribution in [2.75, 3.05) is 0 Å². The van der Waals surface area contributed by atoms with Crippen LogP contribution < -0.4 is 18.9 Å². The molecular formula is C45H31Br2Cl2NO4. The highest BCUT2D eigenvalue weighted by molar-refractivity contribution is 9.11. The lowest BCUT2D eigenvalue weighted by Gasteiger charge is -2.17. The zero-order chi connectivity index (χ0) is 37.5. The molecule has 0 amide bonds. The number of aromatic nitrogens is 1. The fourth-order valence-electron chi connectivity index (χ4n) is 6.73. The summed E-state index contributed by atoms with van der Waals surface area (Å²) in [4.78, 5) is 0. The van der Waals surface area contributed by atoms with Gasteiger partial charge in [0.05, 0.1) is 16.7 Å². The van der Waals surface area contributed by atoms with E-state index < -0.39 is 0 Å². The average Bonchev–Trinajstić information content (AvgIpc) is 3.45. The molecule has 0 atom stereocenters. The Hall–Kier alpha value is -4.92. The van der Waals surface area contributed by atoms with Gasteiger partial charge in [0, 0.05) is 57.2 Å². The van der Waals surface area contributed by atoms with E-state index in [1.54, 1.807) is 24.3 Å². The summed E-state index contributed by atoms with van der Waals surface area (Å²) in [6, 6.07) is 42.8. The van der Waals surface area contributed by atoms with Crippen LogP contribution in [0.4, 0.5) is 0 Å². The van der Waals surface area contributed by atoms with Crippen LogP contribution in [0.25, 0.3) is 27.5 Å². The molecule has 0 unspecified atom stereocenters. The van der Waals surface area contributed by atoms with Gasteiger partial charge in [0.1, 0.15) is 54.9 Å². The third-order valence-electron chi connectivity index (χ3n) is 8.91. The molecule has 268 valence electrons. The van der Waals surface area contributed by atoms with E-state index in [1.165, 1.54) is 5.56 Å². The molecule has 7 aromatic carbocycles. The van der Waals surface area contributed by atoms with Gasteiger partial charge in [0.15, 0.2) is 0 Å². The van der Waals surface area contributed by atoms with Gasteiger partial charge in [-0.25, -0.2) is 0 Å². The van der Waals surface area contributed by atoms with E-state index in [0.29, 0.717) is 65.0 Å². The molecule has 0 saturated heterocycles. The van der Waals surface area contributed by atoms with Crippen LogP contribution in [0.3, 0.4) is 0 Å². The predicted molar refractivity (Wildman–Crippen MR) is 226 cm³/mol. The number of para-hydroxylation sites is 2. The molecular weight excluding hydrogens is 849 g/mol. The summed E-state index contributed by atoms with van der Waals surface area (Å²) < 4.78 is 29.0. The van der Waals surface area contributed by atoms with Crippen molar-refractivity contribution in [1.29, 1.82) is 0 Å². The van der Waals surface area contributed by atoms with E-state index in [9.17, 15) is 0 Å². The molecule has 0 spiro atoms. The number of ether oxygens (including phenoxy) is 4. The second-order valence-electron chi connectivity index (χ2n) is 12.9. The SMILES string of the molecule is Cc1cc(C)c(-n2c3cc(Oc4cc(Cl)cc(Oc5ccccc5)c4Br)ccc3c3ccc(Oc4cc(Cl)cc(Oc5ccccc5)c4Br)cc32)c(C)c1. The number of aryl methyl sites for hydroxylation is 3. The van der Waals surface area contributed by atoms with E-state index in [0.717, 1.165) is 38.6 Å². The molecule has 0 N–H and O–H groups in total. The van der Waals surface area contributed by atoms with Crippen LogP contribution >= 0.6 is 55.1 Å². The molecule has 54 heavy (non-hydrogen) atoms. The third-order valence-corrected chi connectivity index (χ3v) is 10.9. The summed E-state index contributed by atoms with van der Waals surface area (Å²) in [5.41, 5.74) is 6.50. The highest BCUT2D eigenvalue weighted by atomic mass is 79.9. The maximum Gasteiger partial charge on any atom is 0.146 e. The minimum Gasteiger partial charge on any atom is -0.456 e. The number of halogens is 4. The monoisotopic (exact) mass is 877 g/mol. The molecule has 1 heterocycles. The summed E-state index contributed by atoms with van der Waals surface area (Å²) in [7, 11) is 0. The van der Waals surface area contributed by atoms with Crippen LogP contribution in [0.1, 0.15) is 16.7 Å². The van der Waals surface area contributed by atoms with Crippen LogP contribution in [-0.2, 0) is 0 Å². The van der Waals surface area contributed by atoms with Gasteiger partial charge in [-0.1, -0.05) is 77.3 Å². The highest BCUT2D eigenvalue weighted by Gasteiger charge is 2.20. The van der Waals surface area contributed by atoms with Crippen molar-refractivity contribution in [1.82, 2.24) is 4.57 Å². The molecule has 5 nitrogen and oxygen atoms in total. The summed E-state index contributed by atoms with van der Waals surface area (Å²) in [5.74, 6) is 4.78. The zero-order valence-electron chi connectivity index (χ0n) is 29.3. The number of benzene rings is 7.